The number of aromatic nitrogens is 3. The van der Waals surface area contributed by atoms with Crippen LogP contribution in [0.5, 0.6) is 0 Å². The predicted molar refractivity (Wildman–Crippen MR) is 173 cm³/mol. The number of nitrogens with one attached hydrogen (secondary N) is 2. The molecule has 1 spiro atoms. The Morgan fingerprint density at radius 3 is 2.70 bits per heavy atom. The first-order chi connectivity index (χ1) is 22.6. The number of aromatic amines is 1. The zero-order valence-corrected chi connectivity index (χ0v) is 26.9. The van der Waals surface area contributed by atoms with Gasteiger partial charge in [-0.25, -0.2) is 14.8 Å². The number of cyclic esters (lactones) is 1. The summed E-state index contributed by atoms with van der Waals surface area (Å²) in [5.74, 6) is 0.255. The molecule has 0 bridgehead atoms. The Balaban J connectivity index is 1.30. The summed E-state index contributed by atoms with van der Waals surface area (Å²) in [5, 5.41) is 25.7. The SMILES string of the molecule is C[C@]12CC[C@@H](O)[C@@](C)(CO)C1CC(N1CCOCC1)C1(CO1)C2CC(Nc1ccccn1)C1=C/C(=C\c2cnc(N)[nH]c2=O)OC1=O. The van der Waals surface area contributed by atoms with Crippen LogP contribution in [0.4, 0.5) is 11.8 Å². The lowest BCUT2D eigenvalue weighted by atomic mass is 9.43. The van der Waals surface area contributed by atoms with Crippen LogP contribution < -0.4 is 16.6 Å². The van der Waals surface area contributed by atoms with Crippen LogP contribution in [0.2, 0.25) is 0 Å². The molecule has 5 unspecified atom stereocenters. The number of anilines is 2. The summed E-state index contributed by atoms with van der Waals surface area (Å²) in [7, 11) is 0. The van der Waals surface area contributed by atoms with E-state index in [1.807, 2.05) is 25.1 Å². The fourth-order valence-corrected chi connectivity index (χ4v) is 9.14. The highest BCUT2D eigenvalue weighted by Gasteiger charge is 2.71. The quantitative estimate of drug-likeness (QED) is 0.206. The highest BCUT2D eigenvalue weighted by Crippen LogP contribution is 2.67. The fourth-order valence-electron chi connectivity index (χ4n) is 9.14. The van der Waals surface area contributed by atoms with E-state index in [1.54, 1.807) is 12.3 Å². The minimum Gasteiger partial charge on any atom is -0.423 e. The summed E-state index contributed by atoms with van der Waals surface area (Å²) in [6.07, 6.45) is 8.19. The Labute approximate surface area is 273 Å². The van der Waals surface area contributed by atoms with E-state index in [0.29, 0.717) is 44.1 Å². The minimum absolute atomic E-state index is 0.00312. The normalized spacial score (nSPS) is 36.9. The van der Waals surface area contributed by atoms with Crippen molar-refractivity contribution < 1.29 is 29.2 Å². The summed E-state index contributed by atoms with van der Waals surface area (Å²) in [6.45, 7) is 7.63. The molecule has 5 heterocycles. The first-order valence-corrected chi connectivity index (χ1v) is 16.5. The van der Waals surface area contributed by atoms with Crippen LogP contribution in [0.3, 0.4) is 0 Å². The van der Waals surface area contributed by atoms with Crippen molar-refractivity contribution in [3.8, 4) is 0 Å². The molecule has 0 aromatic carbocycles. The van der Waals surface area contributed by atoms with Crippen LogP contribution in [0.25, 0.3) is 6.08 Å². The molecule has 0 amide bonds. The van der Waals surface area contributed by atoms with E-state index in [-0.39, 0.29) is 47.2 Å². The van der Waals surface area contributed by atoms with Crippen LogP contribution >= 0.6 is 0 Å². The van der Waals surface area contributed by atoms with Gasteiger partial charge in [-0.2, -0.15) is 0 Å². The molecule has 3 aliphatic heterocycles. The number of nitrogens with two attached hydrogens (primary N) is 1. The third-order valence-corrected chi connectivity index (χ3v) is 11.7. The molecule has 2 saturated carbocycles. The van der Waals surface area contributed by atoms with Crippen LogP contribution in [0.15, 0.2) is 52.8 Å². The van der Waals surface area contributed by atoms with Crippen molar-refractivity contribution >= 4 is 23.8 Å². The third-order valence-electron chi connectivity index (χ3n) is 11.7. The number of nitrogens with zero attached hydrogens (tertiary/aromatic N) is 3. The number of esters is 1. The number of aliphatic hydroxyl groups is 2. The Kier molecular flexibility index (Phi) is 8.24. The highest BCUT2D eigenvalue weighted by molar-refractivity contribution is 5.95. The van der Waals surface area contributed by atoms with Crippen molar-refractivity contribution in [2.24, 2.45) is 22.7 Å². The van der Waals surface area contributed by atoms with E-state index >= 15 is 0 Å². The monoisotopic (exact) mass is 648 g/mol. The number of ether oxygens (including phenoxy) is 3. The molecule has 13 nitrogen and oxygen atoms in total. The first kappa shape index (κ1) is 32.0. The third kappa shape index (κ3) is 5.57. The standard InChI is InChI=1S/C34H44N6O7/c1-32-7-6-27(42)33(2,18-41)24(32)16-26(40-9-11-45-12-10-40)34(19-46-34)25(32)15-23(38-28-5-3-4-8-36-28)22-14-21(47-30(22)44)13-20-17-37-31(35)39-29(20)43/h3-5,8,13-14,17,23-27,41-42H,6-7,9-12,15-16,18-19H2,1-2H3,(H,36,38)(H3,35,37,39,43)/b21-13+/t23?,24?,25?,26?,27-,32+,33+,34?/m1/s1. The van der Waals surface area contributed by atoms with Crippen molar-refractivity contribution in [1.29, 1.82) is 0 Å². The lowest BCUT2D eigenvalue weighted by molar-refractivity contribution is -0.197. The Morgan fingerprint density at radius 2 is 2.02 bits per heavy atom. The summed E-state index contributed by atoms with van der Waals surface area (Å²) in [5.41, 5.74) is 4.31. The lowest BCUT2D eigenvalue weighted by Gasteiger charge is -2.64. The summed E-state index contributed by atoms with van der Waals surface area (Å²) in [4.78, 5) is 39.5. The van der Waals surface area contributed by atoms with Gasteiger partial charge in [-0.15, -0.1) is 0 Å². The molecule has 7 rings (SSSR count). The van der Waals surface area contributed by atoms with Gasteiger partial charge in [0.1, 0.15) is 17.2 Å². The smallest absolute Gasteiger partial charge is 0.341 e. The Morgan fingerprint density at radius 1 is 1.23 bits per heavy atom. The predicted octanol–water partition coefficient (Wildman–Crippen LogP) is 1.71. The van der Waals surface area contributed by atoms with Gasteiger partial charge in [-0.3, -0.25) is 14.7 Å². The highest BCUT2D eigenvalue weighted by atomic mass is 16.6. The number of carbonyl (C=O) groups excluding carboxylic acids is 1. The maximum Gasteiger partial charge on any atom is 0.341 e. The zero-order chi connectivity index (χ0) is 33.0. The second-order valence-electron chi connectivity index (χ2n) is 14.2. The Bertz CT molecular complexity index is 1620. The molecule has 47 heavy (non-hydrogen) atoms. The van der Waals surface area contributed by atoms with Gasteiger partial charge in [-0.05, 0) is 67.2 Å². The van der Waals surface area contributed by atoms with Crippen LogP contribution in [0.1, 0.15) is 45.1 Å². The van der Waals surface area contributed by atoms with Gasteiger partial charge in [0.15, 0.2) is 5.95 Å². The number of pyridine rings is 1. The van der Waals surface area contributed by atoms with Crippen molar-refractivity contribution in [3.05, 3.63) is 63.9 Å². The number of allylic oxidation sites excluding steroid dienone is 1. The number of fused-ring (bicyclic) bond motifs is 1. The van der Waals surface area contributed by atoms with Crippen LogP contribution in [0, 0.1) is 22.7 Å². The number of H-pyrrole nitrogens is 1. The van der Waals surface area contributed by atoms with Gasteiger partial charge in [0.25, 0.3) is 5.56 Å². The number of rotatable bonds is 8. The van der Waals surface area contributed by atoms with E-state index in [0.717, 1.165) is 25.9 Å². The molecule has 4 fully saturated rings. The van der Waals surface area contributed by atoms with E-state index < -0.39 is 34.7 Å². The number of hydrogen-bond donors (Lipinski definition) is 5. The average Bonchev–Trinajstić information content (AvgIpc) is 3.77. The number of carbonyl (C=O) groups is 1. The van der Waals surface area contributed by atoms with Crippen LogP contribution in [-0.4, -0.2) is 99.3 Å². The fraction of sp³-hybridized carbons (Fsp3) is 0.588. The van der Waals surface area contributed by atoms with Gasteiger partial charge < -0.3 is 35.5 Å². The van der Waals surface area contributed by atoms with Crippen LogP contribution in [-0.2, 0) is 19.0 Å². The van der Waals surface area contributed by atoms with Crippen molar-refractivity contribution in [1.82, 2.24) is 19.9 Å². The summed E-state index contributed by atoms with van der Waals surface area (Å²) in [6, 6.07) is 5.11. The first-order valence-electron chi connectivity index (χ1n) is 16.5. The van der Waals surface area contributed by atoms with Crippen molar-refractivity contribution in [2.75, 3.05) is 50.6 Å². The molecule has 2 aliphatic carbocycles. The largest absolute Gasteiger partial charge is 0.423 e. The van der Waals surface area contributed by atoms with Gasteiger partial charge in [0.05, 0.1) is 49.7 Å². The minimum atomic E-state index is -0.697. The Hall–Kier alpha value is -3.62. The van der Waals surface area contributed by atoms with Gasteiger partial charge in [0, 0.05) is 36.9 Å². The molecule has 252 valence electrons. The number of epoxide rings is 1. The maximum atomic E-state index is 13.6. The van der Waals surface area contributed by atoms with Crippen molar-refractivity contribution in [2.45, 2.75) is 63.3 Å². The van der Waals surface area contributed by atoms with E-state index in [2.05, 4.69) is 32.1 Å². The second-order valence-corrected chi connectivity index (χ2v) is 14.2. The topological polar surface area (TPSA) is 188 Å². The molecule has 5 aliphatic rings. The number of morpholine rings is 1. The average molecular weight is 649 g/mol. The van der Waals surface area contributed by atoms with E-state index in [9.17, 15) is 19.8 Å². The molecule has 2 aromatic rings. The molecule has 8 atom stereocenters. The number of aliphatic hydroxyl groups excluding tert-OH is 2. The maximum absolute atomic E-state index is 13.6. The zero-order valence-electron chi connectivity index (χ0n) is 26.9. The summed E-state index contributed by atoms with van der Waals surface area (Å²) >= 11 is 0. The molecular formula is C34H44N6O7. The molecule has 2 saturated heterocycles. The molecule has 6 N–H and O–H groups in total. The van der Waals surface area contributed by atoms with Crippen molar-refractivity contribution in [3.63, 3.8) is 0 Å². The van der Waals surface area contributed by atoms with Gasteiger partial charge in [0.2, 0.25) is 0 Å². The summed E-state index contributed by atoms with van der Waals surface area (Å²) < 4.78 is 18.0. The lowest BCUT2D eigenvalue weighted by Crippen LogP contribution is -2.68. The molecule has 2 aromatic heterocycles. The molecule has 13 heteroatoms. The van der Waals surface area contributed by atoms with Gasteiger partial charge in [-0.1, -0.05) is 19.9 Å². The second kappa shape index (κ2) is 12.1. The molecular weight excluding hydrogens is 604 g/mol. The number of hydrogen-bond acceptors (Lipinski definition) is 12. The van der Waals surface area contributed by atoms with E-state index in [4.69, 9.17) is 19.9 Å². The number of nitrogen functional groups attached to an aromatic ring is 1. The van der Waals surface area contributed by atoms with Gasteiger partial charge >= 0.3 is 5.97 Å². The molecule has 0 radical (unpaired) electrons. The van der Waals surface area contributed by atoms with E-state index in [1.165, 1.54) is 12.3 Å².